The van der Waals surface area contributed by atoms with E-state index < -0.39 is 8.07 Å². The number of para-hydroxylation sites is 2. The summed E-state index contributed by atoms with van der Waals surface area (Å²) in [7, 11) is -1.50. The SMILES string of the molecule is C.C.Cc1ccc(N(c2ccc(C(C)C)cc2)c2cccc3c2c2cccc4c5cc6c(cc5n3c42)c2cccc3c4c(N(c5ccc(C(C)C)cc5)c5ccc([Si](C)(C)C)cc5)cccc4n6c23)cc1. The van der Waals surface area contributed by atoms with Crippen LogP contribution in [0.15, 0.2) is 182 Å². The molecule has 4 heterocycles. The van der Waals surface area contributed by atoms with Crippen LogP contribution < -0.4 is 15.0 Å². The number of fused-ring (bicyclic) bond motifs is 12. The summed E-state index contributed by atoms with van der Waals surface area (Å²) in [5.41, 5.74) is 18.4. The molecule has 13 aromatic rings. The molecule has 0 aliphatic heterocycles. The first-order valence-electron chi connectivity index (χ1n) is 24.7. The zero-order valence-electron chi connectivity index (χ0n) is 40.8. The Morgan fingerprint density at radius 3 is 1.11 bits per heavy atom. The van der Waals surface area contributed by atoms with E-state index in [1.54, 1.807) is 0 Å². The normalized spacial score (nSPS) is 12.3. The first-order valence-corrected chi connectivity index (χ1v) is 28.2. The van der Waals surface area contributed by atoms with Crippen LogP contribution in [0.3, 0.4) is 0 Å². The molecule has 0 spiro atoms. The van der Waals surface area contributed by atoms with Gasteiger partial charge in [-0.05, 0) is 115 Å². The topological polar surface area (TPSA) is 15.3 Å². The van der Waals surface area contributed by atoms with Crippen molar-refractivity contribution < 1.29 is 0 Å². The largest absolute Gasteiger partial charge is 0.310 e. The van der Waals surface area contributed by atoms with Crippen LogP contribution in [0.1, 0.15) is 71.1 Å². The van der Waals surface area contributed by atoms with Crippen molar-refractivity contribution in [1.29, 1.82) is 0 Å². The molecule has 0 N–H and O–H groups in total. The van der Waals surface area contributed by atoms with E-state index in [-0.39, 0.29) is 14.9 Å². The highest BCUT2D eigenvalue weighted by Crippen LogP contribution is 2.50. The molecule has 352 valence electrons. The number of benzene rings is 9. The Kier molecular flexibility index (Phi) is 10.8. The van der Waals surface area contributed by atoms with Gasteiger partial charge in [0, 0.05) is 65.8 Å². The Morgan fingerprint density at radius 1 is 0.380 bits per heavy atom. The molecule has 71 heavy (non-hydrogen) atoms. The summed E-state index contributed by atoms with van der Waals surface area (Å²) < 4.78 is 5.11. The lowest BCUT2D eigenvalue weighted by Crippen LogP contribution is -2.37. The van der Waals surface area contributed by atoms with Gasteiger partial charge in [0.2, 0.25) is 0 Å². The molecule has 4 nitrogen and oxygen atoms in total. The zero-order chi connectivity index (χ0) is 47.0. The molecule has 5 heteroatoms. The summed E-state index contributed by atoms with van der Waals surface area (Å²) in [6, 6.07) is 69.4. The fraction of sp³-hybridized carbons (Fsp3) is 0.182. The highest BCUT2D eigenvalue weighted by molar-refractivity contribution is 6.88. The number of aryl methyl sites for hydroxylation is 1. The molecule has 4 aromatic heterocycles. The molecule has 0 amide bonds. The van der Waals surface area contributed by atoms with Crippen molar-refractivity contribution in [3.63, 3.8) is 0 Å². The number of hydrogen-bond donors (Lipinski definition) is 0. The second-order valence-corrected chi connectivity index (χ2v) is 26.2. The molecule has 0 aliphatic rings. The molecule has 9 aromatic carbocycles. The summed E-state index contributed by atoms with van der Waals surface area (Å²) >= 11 is 0. The van der Waals surface area contributed by atoms with Gasteiger partial charge in [-0.2, -0.15) is 0 Å². The van der Waals surface area contributed by atoms with Crippen molar-refractivity contribution in [3.05, 3.63) is 199 Å². The highest BCUT2D eigenvalue weighted by Gasteiger charge is 2.27. The van der Waals surface area contributed by atoms with Gasteiger partial charge in [-0.25, -0.2) is 0 Å². The predicted molar refractivity (Wildman–Crippen MR) is 314 cm³/mol. The lowest BCUT2D eigenvalue weighted by Gasteiger charge is -2.28. The average molecular weight is 941 g/mol. The third kappa shape index (κ3) is 6.84. The summed E-state index contributed by atoms with van der Waals surface area (Å²) in [6.45, 7) is 18.5. The minimum absolute atomic E-state index is 0. The molecule has 13 rings (SSSR count). The van der Waals surface area contributed by atoms with Crippen molar-refractivity contribution in [2.24, 2.45) is 0 Å². The second-order valence-electron chi connectivity index (χ2n) is 21.1. The Bertz CT molecular complexity index is 4090. The van der Waals surface area contributed by atoms with E-state index >= 15 is 0 Å². The molecule has 0 fully saturated rings. The predicted octanol–water partition coefficient (Wildman–Crippen LogP) is 19.3. The molecule has 0 saturated heterocycles. The maximum absolute atomic E-state index is 2.56. The lowest BCUT2D eigenvalue weighted by molar-refractivity contribution is 0.866. The molecule has 0 atom stereocenters. The van der Waals surface area contributed by atoms with E-state index in [1.165, 1.54) is 115 Å². The quantitative estimate of drug-likeness (QED) is 0.134. The van der Waals surface area contributed by atoms with Crippen LogP contribution >= 0.6 is 0 Å². The van der Waals surface area contributed by atoms with Gasteiger partial charge in [0.15, 0.2) is 0 Å². The van der Waals surface area contributed by atoms with Crippen molar-refractivity contribution in [3.8, 4) is 0 Å². The van der Waals surface area contributed by atoms with Crippen LogP contribution in [0.25, 0.3) is 76.2 Å². The molecule has 0 saturated carbocycles. The fourth-order valence-electron chi connectivity index (χ4n) is 11.6. The minimum atomic E-state index is -1.50. The maximum atomic E-state index is 2.56. The standard InChI is InChI=1S/C64H56N4Si.2CH4/c1-39(2)42-23-29-45(30-24-42)65(44-27-21-41(5)22-28-44)55-17-11-19-57-61(55)51-15-9-13-49-53-38-60-54(37-59(53)67(57)63(49)51)50-14-10-16-52-62-56(18-12-20-58(62)68(60)64(50)52)66(46-31-25-43(26-32-46)40(3)4)47-33-35-48(36-34-47)69(6,7)8;;/h9-40H,1-8H3;2*1H4. The average Bonchev–Trinajstić information content (AvgIpc) is 4.09. The van der Waals surface area contributed by atoms with Crippen LogP contribution in [-0.4, -0.2) is 16.9 Å². The van der Waals surface area contributed by atoms with E-state index in [4.69, 9.17) is 0 Å². The van der Waals surface area contributed by atoms with Crippen molar-refractivity contribution >= 4 is 124 Å². The Morgan fingerprint density at radius 2 is 0.732 bits per heavy atom. The van der Waals surface area contributed by atoms with Crippen molar-refractivity contribution in [1.82, 2.24) is 8.80 Å². The number of aromatic nitrogens is 2. The van der Waals surface area contributed by atoms with E-state index in [2.05, 4.69) is 255 Å². The third-order valence-electron chi connectivity index (χ3n) is 15.2. The molecular weight excluding hydrogens is 877 g/mol. The molecule has 0 radical (unpaired) electrons. The third-order valence-corrected chi connectivity index (χ3v) is 17.2. The van der Waals surface area contributed by atoms with Gasteiger partial charge in [0.05, 0.1) is 52.5 Å². The van der Waals surface area contributed by atoms with Gasteiger partial charge in [-0.1, -0.05) is 170 Å². The van der Waals surface area contributed by atoms with E-state index in [0.717, 1.165) is 17.1 Å². The van der Waals surface area contributed by atoms with Gasteiger partial charge >= 0.3 is 0 Å². The van der Waals surface area contributed by atoms with Crippen LogP contribution in [0.2, 0.25) is 19.6 Å². The maximum Gasteiger partial charge on any atom is 0.0775 e. The van der Waals surface area contributed by atoms with Gasteiger partial charge in [-0.15, -0.1) is 0 Å². The number of nitrogens with zero attached hydrogens (tertiary/aromatic N) is 4. The minimum Gasteiger partial charge on any atom is -0.310 e. The van der Waals surface area contributed by atoms with E-state index in [0.29, 0.717) is 11.8 Å². The first kappa shape index (κ1) is 45.8. The lowest BCUT2D eigenvalue weighted by atomic mass is 10.0. The number of hydrogen-bond acceptors (Lipinski definition) is 2. The Labute approximate surface area is 419 Å². The number of anilines is 6. The smallest absolute Gasteiger partial charge is 0.0775 e. The van der Waals surface area contributed by atoms with E-state index in [1.807, 2.05) is 0 Å². The zero-order valence-corrected chi connectivity index (χ0v) is 41.8. The summed E-state index contributed by atoms with van der Waals surface area (Å²) in [5.74, 6) is 0.923. The van der Waals surface area contributed by atoms with Crippen molar-refractivity contribution in [2.75, 3.05) is 9.80 Å². The molecular formula is C66H64N4Si. The van der Waals surface area contributed by atoms with Gasteiger partial charge in [-0.3, -0.25) is 0 Å². The van der Waals surface area contributed by atoms with Crippen LogP contribution in [0.4, 0.5) is 34.1 Å². The number of rotatable bonds is 9. The van der Waals surface area contributed by atoms with Crippen LogP contribution in [0.5, 0.6) is 0 Å². The highest BCUT2D eigenvalue weighted by atomic mass is 28.3. The van der Waals surface area contributed by atoms with E-state index in [9.17, 15) is 0 Å². The molecule has 0 unspecified atom stereocenters. The van der Waals surface area contributed by atoms with Crippen LogP contribution in [0, 0.1) is 6.92 Å². The fourth-order valence-corrected chi connectivity index (χ4v) is 12.7. The van der Waals surface area contributed by atoms with Gasteiger partial charge in [0.1, 0.15) is 0 Å². The van der Waals surface area contributed by atoms with Crippen LogP contribution in [-0.2, 0) is 0 Å². The first-order chi connectivity index (χ1) is 33.4. The monoisotopic (exact) mass is 940 g/mol. The summed E-state index contributed by atoms with van der Waals surface area (Å²) in [5, 5.41) is 11.6. The Balaban J connectivity index is 0.00000273. The van der Waals surface area contributed by atoms with Crippen molar-refractivity contribution in [2.45, 2.75) is 80.9 Å². The Hall–Kier alpha value is -7.60. The van der Waals surface area contributed by atoms with Gasteiger partial charge < -0.3 is 18.6 Å². The molecule has 0 bridgehead atoms. The summed E-state index contributed by atoms with van der Waals surface area (Å²) in [4.78, 5) is 4.93. The second kappa shape index (κ2) is 16.8. The summed E-state index contributed by atoms with van der Waals surface area (Å²) in [6.07, 6.45) is 0. The molecule has 0 aliphatic carbocycles. The van der Waals surface area contributed by atoms with Gasteiger partial charge in [0.25, 0.3) is 0 Å².